The van der Waals surface area contributed by atoms with Crippen molar-refractivity contribution in [3.63, 3.8) is 0 Å². The Balaban J connectivity index is 1.35. The molecule has 0 bridgehead atoms. The quantitative estimate of drug-likeness (QED) is 0.801. The summed E-state index contributed by atoms with van der Waals surface area (Å²) in [6.45, 7) is 1.40. The van der Waals surface area contributed by atoms with Gasteiger partial charge in [-0.1, -0.05) is 31.0 Å². The SMILES string of the molecule is O=C(CN1CCN(c2ccccc2F)C1=O)NCC1(c2cccs2)CCCC1. The van der Waals surface area contributed by atoms with Crippen LogP contribution in [-0.2, 0) is 10.2 Å². The lowest BCUT2D eigenvalue weighted by atomic mass is 9.84. The molecule has 148 valence electrons. The fourth-order valence-corrected chi connectivity index (χ4v) is 5.25. The molecule has 1 aliphatic heterocycles. The highest BCUT2D eigenvalue weighted by Gasteiger charge is 2.37. The van der Waals surface area contributed by atoms with Crippen LogP contribution in [-0.4, -0.2) is 43.0 Å². The molecule has 0 spiro atoms. The standard InChI is InChI=1S/C21H24FN3O2S/c22-16-6-1-2-7-17(16)25-12-11-24(20(25)27)14-19(26)23-15-21(9-3-4-10-21)18-8-5-13-28-18/h1-2,5-8,13H,3-4,9-12,14-15H2,(H,23,26). The van der Waals surface area contributed by atoms with E-state index >= 15 is 0 Å². The lowest BCUT2D eigenvalue weighted by Crippen LogP contribution is -2.44. The van der Waals surface area contributed by atoms with Gasteiger partial charge in [-0.15, -0.1) is 11.3 Å². The minimum atomic E-state index is -0.429. The molecule has 4 rings (SSSR count). The first kappa shape index (κ1) is 18.9. The van der Waals surface area contributed by atoms with Gasteiger partial charge in [-0.05, 0) is 36.4 Å². The molecular formula is C21H24FN3O2S. The summed E-state index contributed by atoms with van der Waals surface area (Å²) < 4.78 is 14.0. The summed E-state index contributed by atoms with van der Waals surface area (Å²) in [6.07, 6.45) is 4.51. The van der Waals surface area contributed by atoms with E-state index in [4.69, 9.17) is 0 Å². The Bertz CT molecular complexity index is 849. The van der Waals surface area contributed by atoms with Gasteiger partial charge < -0.3 is 10.2 Å². The van der Waals surface area contributed by atoms with Gasteiger partial charge in [0.05, 0.1) is 5.69 Å². The topological polar surface area (TPSA) is 52.7 Å². The number of amides is 3. The van der Waals surface area contributed by atoms with Crippen LogP contribution in [0.3, 0.4) is 0 Å². The zero-order chi connectivity index (χ0) is 19.6. The molecule has 0 unspecified atom stereocenters. The average molecular weight is 402 g/mol. The molecule has 5 nitrogen and oxygen atoms in total. The molecule has 28 heavy (non-hydrogen) atoms. The van der Waals surface area contributed by atoms with Crippen LogP contribution in [0.2, 0.25) is 0 Å². The van der Waals surface area contributed by atoms with Crippen molar-refractivity contribution in [2.75, 3.05) is 31.1 Å². The molecular weight excluding hydrogens is 377 g/mol. The molecule has 7 heteroatoms. The highest BCUT2D eigenvalue weighted by Crippen LogP contribution is 2.42. The second-order valence-electron chi connectivity index (χ2n) is 7.55. The van der Waals surface area contributed by atoms with Gasteiger partial charge >= 0.3 is 6.03 Å². The van der Waals surface area contributed by atoms with Crippen LogP contribution in [0.1, 0.15) is 30.6 Å². The number of anilines is 1. The van der Waals surface area contributed by atoms with E-state index in [9.17, 15) is 14.0 Å². The minimum absolute atomic E-state index is 0.00427. The molecule has 1 aromatic carbocycles. The fourth-order valence-electron chi connectivity index (χ4n) is 4.26. The van der Waals surface area contributed by atoms with Crippen LogP contribution in [0.25, 0.3) is 0 Å². The largest absolute Gasteiger partial charge is 0.354 e. The van der Waals surface area contributed by atoms with Crippen LogP contribution in [0.5, 0.6) is 0 Å². The molecule has 2 aliphatic rings. The zero-order valence-electron chi connectivity index (χ0n) is 15.7. The number of benzene rings is 1. The molecule has 2 aromatic rings. The van der Waals surface area contributed by atoms with Crippen molar-refractivity contribution in [2.24, 2.45) is 0 Å². The molecule has 1 saturated heterocycles. The monoisotopic (exact) mass is 401 g/mol. The van der Waals surface area contributed by atoms with Crippen molar-refractivity contribution in [1.29, 1.82) is 0 Å². The van der Waals surface area contributed by atoms with Gasteiger partial charge in [-0.25, -0.2) is 9.18 Å². The summed E-state index contributed by atoms with van der Waals surface area (Å²) >= 11 is 1.75. The minimum Gasteiger partial charge on any atom is -0.354 e. The number of nitrogens with one attached hydrogen (secondary N) is 1. The smallest absolute Gasteiger partial charge is 0.325 e. The Morgan fingerprint density at radius 2 is 1.93 bits per heavy atom. The molecule has 1 aliphatic carbocycles. The van der Waals surface area contributed by atoms with Crippen molar-refractivity contribution < 1.29 is 14.0 Å². The van der Waals surface area contributed by atoms with E-state index in [1.54, 1.807) is 29.5 Å². The Labute approximate surface area is 168 Å². The van der Waals surface area contributed by atoms with Crippen LogP contribution in [0.15, 0.2) is 41.8 Å². The van der Waals surface area contributed by atoms with Crippen molar-refractivity contribution in [3.8, 4) is 0 Å². The zero-order valence-corrected chi connectivity index (χ0v) is 16.5. The highest BCUT2D eigenvalue weighted by atomic mass is 32.1. The van der Waals surface area contributed by atoms with E-state index in [-0.39, 0.29) is 29.6 Å². The third kappa shape index (κ3) is 3.63. The normalized spacial score (nSPS) is 18.7. The molecule has 2 heterocycles. The molecule has 1 N–H and O–H groups in total. The number of hydrogen-bond acceptors (Lipinski definition) is 3. The molecule has 1 aromatic heterocycles. The summed E-state index contributed by atoms with van der Waals surface area (Å²) in [6, 6.07) is 10.1. The van der Waals surface area contributed by atoms with Crippen LogP contribution >= 0.6 is 11.3 Å². The van der Waals surface area contributed by atoms with Crippen molar-refractivity contribution in [1.82, 2.24) is 10.2 Å². The van der Waals surface area contributed by atoms with Crippen LogP contribution in [0.4, 0.5) is 14.9 Å². The number of rotatable bonds is 6. The maximum absolute atomic E-state index is 14.0. The third-order valence-corrected chi connectivity index (χ3v) is 6.92. The van der Waals surface area contributed by atoms with Gasteiger partial charge in [-0.2, -0.15) is 0 Å². The van der Waals surface area contributed by atoms with Crippen LogP contribution < -0.4 is 10.2 Å². The number of hydrogen-bond donors (Lipinski definition) is 1. The average Bonchev–Trinajstić information content (AvgIpc) is 3.44. The molecule has 3 amide bonds. The third-order valence-electron chi connectivity index (χ3n) is 5.80. The summed E-state index contributed by atoms with van der Waals surface area (Å²) in [4.78, 5) is 29.3. The number of carbonyl (C=O) groups excluding carboxylic acids is 2. The Morgan fingerprint density at radius 3 is 2.64 bits per heavy atom. The van der Waals surface area contributed by atoms with Gasteiger partial charge in [0.2, 0.25) is 5.91 Å². The predicted octanol–water partition coefficient (Wildman–Crippen LogP) is 3.76. The Morgan fingerprint density at radius 1 is 1.14 bits per heavy atom. The van der Waals surface area contributed by atoms with Gasteiger partial charge in [0, 0.05) is 29.9 Å². The van der Waals surface area contributed by atoms with Gasteiger partial charge in [0.15, 0.2) is 0 Å². The van der Waals surface area contributed by atoms with E-state index in [2.05, 4.69) is 22.8 Å². The Kier molecular flexibility index (Phi) is 5.35. The number of thiophene rings is 1. The second kappa shape index (κ2) is 7.91. The number of urea groups is 1. The second-order valence-corrected chi connectivity index (χ2v) is 8.50. The first-order valence-electron chi connectivity index (χ1n) is 9.71. The lowest BCUT2D eigenvalue weighted by Gasteiger charge is -2.28. The first-order chi connectivity index (χ1) is 13.6. The predicted molar refractivity (Wildman–Crippen MR) is 108 cm³/mol. The summed E-state index contributed by atoms with van der Waals surface area (Å²) in [5.41, 5.74) is 0.288. The molecule has 0 radical (unpaired) electrons. The van der Waals surface area contributed by atoms with E-state index < -0.39 is 5.82 Å². The van der Waals surface area contributed by atoms with E-state index in [1.807, 2.05) is 0 Å². The molecule has 0 atom stereocenters. The number of para-hydroxylation sites is 1. The molecule has 2 fully saturated rings. The number of carbonyl (C=O) groups is 2. The maximum Gasteiger partial charge on any atom is 0.325 e. The summed E-state index contributed by atoms with van der Waals surface area (Å²) in [5, 5.41) is 5.13. The van der Waals surface area contributed by atoms with Gasteiger partial charge in [-0.3, -0.25) is 9.69 Å². The van der Waals surface area contributed by atoms with E-state index in [0.29, 0.717) is 19.6 Å². The highest BCUT2D eigenvalue weighted by molar-refractivity contribution is 7.10. The van der Waals surface area contributed by atoms with E-state index in [0.717, 1.165) is 12.8 Å². The first-order valence-corrected chi connectivity index (χ1v) is 10.6. The van der Waals surface area contributed by atoms with Gasteiger partial charge in [0.1, 0.15) is 12.4 Å². The van der Waals surface area contributed by atoms with Crippen molar-refractivity contribution in [2.45, 2.75) is 31.1 Å². The van der Waals surface area contributed by atoms with Crippen LogP contribution in [0, 0.1) is 5.82 Å². The summed E-state index contributed by atoms with van der Waals surface area (Å²) in [7, 11) is 0. The van der Waals surface area contributed by atoms with Gasteiger partial charge in [0.25, 0.3) is 0 Å². The van der Waals surface area contributed by atoms with E-state index in [1.165, 1.54) is 33.6 Å². The van der Waals surface area contributed by atoms with Crippen molar-refractivity contribution in [3.05, 3.63) is 52.5 Å². The summed E-state index contributed by atoms with van der Waals surface area (Å²) in [5.74, 6) is -0.590. The number of halogens is 1. The maximum atomic E-state index is 14.0. The van der Waals surface area contributed by atoms with Crippen molar-refractivity contribution >= 4 is 29.0 Å². The Hall–Kier alpha value is -2.41. The number of nitrogens with zero attached hydrogens (tertiary/aromatic N) is 2. The lowest BCUT2D eigenvalue weighted by molar-refractivity contribution is -0.121. The molecule has 1 saturated carbocycles. The fraction of sp³-hybridized carbons (Fsp3) is 0.429.